The molecule has 0 bridgehead atoms. The second-order valence-electron chi connectivity index (χ2n) is 1.23. The number of alkyl halides is 1. The van der Waals surface area contributed by atoms with Crippen LogP contribution in [0.25, 0.3) is 0 Å². The van der Waals surface area contributed by atoms with E-state index in [1.54, 1.807) is 0 Å². The van der Waals surface area contributed by atoms with Crippen molar-refractivity contribution in [1.29, 1.82) is 0 Å². The van der Waals surface area contributed by atoms with E-state index in [9.17, 15) is 4.39 Å². The van der Waals surface area contributed by atoms with Gasteiger partial charge in [-0.2, -0.15) is 0 Å². The zero-order chi connectivity index (χ0) is 5.54. The minimum atomic E-state index is -0.306. The van der Waals surface area contributed by atoms with Crippen LogP contribution in [0.2, 0.25) is 0 Å². The number of nitrogens with two attached hydrogens (primary N) is 1. The molecule has 0 saturated carbocycles. The fourth-order valence-corrected chi connectivity index (χ4v) is 0.294. The summed E-state index contributed by atoms with van der Waals surface area (Å²) in [6, 6.07) is 0. The van der Waals surface area contributed by atoms with Crippen molar-refractivity contribution in [3.8, 4) is 0 Å². The molecule has 3 N–H and O–H groups in total. The van der Waals surface area contributed by atoms with Crippen LogP contribution in [0.3, 0.4) is 0 Å². The molecule has 0 amide bonds. The summed E-state index contributed by atoms with van der Waals surface area (Å²) < 4.78 is 11.2. The van der Waals surface area contributed by atoms with Gasteiger partial charge in [-0.05, 0) is 0 Å². The van der Waals surface area contributed by atoms with Crippen LogP contribution in [-0.2, 0) is 0 Å². The lowest BCUT2D eigenvalue weighted by Crippen LogP contribution is -2.24. The zero-order valence-corrected chi connectivity index (χ0v) is 5.51. The zero-order valence-electron chi connectivity index (χ0n) is 4.69. The highest BCUT2D eigenvalue weighted by Gasteiger charge is 1.78. The molecule has 0 aliphatic rings. The average Bonchev–Trinajstić information content (AvgIpc) is 1.69. The van der Waals surface area contributed by atoms with Crippen LogP contribution in [0.5, 0.6) is 0 Å². The van der Waals surface area contributed by atoms with Crippen LogP contribution >= 0.6 is 12.4 Å². The highest BCUT2D eigenvalue weighted by Crippen LogP contribution is 1.59. The maximum absolute atomic E-state index is 11.2. The average molecular weight is 143 g/mol. The monoisotopic (exact) mass is 142 g/mol. The largest absolute Gasteiger partial charge is 0.329 e. The van der Waals surface area contributed by atoms with Gasteiger partial charge in [0.2, 0.25) is 0 Å². The van der Waals surface area contributed by atoms with Crippen LogP contribution in [0, 0.1) is 0 Å². The van der Waals surface area contributed by atoms with E-state index in [0.29, 0.717) is 19.6 Å². The molecule has 52 valence electrons. The van der Waals surface area contributed by atoms with E-state index in [1.807, 2.05) is 0 Å². The van der Waals surface area contributed by atoms with Crippen LogP contribution in [0.1, 0.15) is 0 Å². The molecule has 0 aromatic carbocycles. The van der Waals surface area contributed by atoms with Crippen LogP contribution in [-0.4, -0.2) is 26.3 Å². The van der Waals surface area contributed by atoms with E-state index < -0.39 is 0 Å². The quantitative estimate of drug-likeness (QED) is 0.540. The van der Waals surface area contributed by atoms with Crippen LogP contribution < -0.4 is 11.1 Å². The molecule has 0 saturated heterocycles. The van der Waals surface area contributed by atoms with Gasteiger partial charge in [-0.25, -0.2) is 4.39 Å². The molecule has 0 fully saturated rings. The molecule has 0 aromatic rings. The molecule has 2 nitrogen and oxygen atoms in total. The lowest BCUT2D eigenvalue weighted by molar-refractivity contribution is 0.469. The standard InChI is InChI=1S/C4H11FN2.ClH/c5-1-3-7-4-2-6;/h7H,1-4,6H2;1H. The number of hydrogen-bond acceptors (Lipinski definition) is 2. The number of halogens is 2. The Labute approximate surface area is 55.0 Å². The van der Waals surface area contributed by atoms with Crippen LogP contribution in [0.4, 0.5) is 4.39 Å². The van der Waals surface area contributed by atoms with E-state index >= 15 is 0 Å². The van der Waals surface area contributed by atoms with E-state index in [4.69, 9.17) is 5.73 Å². The first-order valence-corrected chi connectivity index (χ1v) is 2.38. The van der Waals surface area contributed by atoms with Gasteiger partial charge in [-0.3, -0.25) is 0 Å². The Morgan fingerprint density at radius 2 is 2.00 bits per heavy atom. The van der Waals surface area contributed by atoms with Gasteiger partial charge in [0, 0.05) is 19.6 Å². The molecule has 0 radical (unpaired) electrons. The van der Waals surface area contributed by atoms with Gasteiger partial charge in [0.25, 0.3) is 0 Å². The first kappa shape index (κ1) is 11.0. The third kappa shape index (κ3) is 9.46. The highest BCUT2D eigenvalue weighted by molar-refractivity contribution is 5.85. The lowest BCUT2D eigenvalue weighted by atomic mass is 10.6. The molecular formula is C4H12ClFN2. The van der Waals surface area contributed by atoms with Crippen molar-refractivity contribution in [2.75, 3.05) is 26.3 Å². The normalized spacial score (nSPS) is 8.25. The smallest absolute Gasteiger partial charge is 0.102 e. The number of hydrogen-bond donors (Lipinski definition) is 2. The second kappa shape index (κ2) is 10.2. The summed E-state index contributed by atoms with van der Waals surface area (Å²) >= 11 is 0. The predicted molar refractivity (Wildman–Crippen MR) is 35.1 cm³/mol. The predicted octanol–water partition coefficient (Wildman–Crippen LogP) is -0.0740. The Morgan fingerprint density at radius 3 is 2.38 bits per heavy atom. The molecule has 8 heavy (non-hydrogen) atoms. The molecule has 4 heteroatoms. The minimum absolute atomic E-state index is 0. The van der Waals surface area contributed by atoms with Gasteiger partial charge in [-0.15, -0.1) is 12.4 Å². The molecule has 0 rings (SSSR count). The van der Waals surface area contributed by atoms with Gasteiger partial charge < -0.3 is 11.1 Å². The molecular weight excluding hydrogens is 131 g/mol. The van der Waals surface area contributed by atoms with E-state index in [1.165, 1.54) is 0 Å². The van der Waals surface area contributed by atoms with Crippen molar-refractivity contribution < 1.29 is 4.39 Å². The Morgan fingerprint density at radius 1 is 1.38 bits per heavy atom. The molecule has 0 atom stereocenters. The van der Waals surface area contributed by atoms with Crippen molar-refractivity contribution in [3.63, 3.8) is 0 Å². The second-order valence-corrected chi connectivity index (χ2v) is 1.23. The molecule has 0 unspecified atom stereocenters. The topological polar surface area (TPSA) is 38.0 Å². The molecule has 0 spiro atoms. The lowest BCUT2D eigenvalue weighted by Gasteiger charge is -1.94. The summed E-state index contributed by atoms with van der Waals surface area (Å²) in [5.74, 6) is 0. The summed E-state index contributed by atoms with van der Waals surface area (Å²) in [5.41, 5.74) is 5.08. The summed E-state index contributed by atoms with van der Waals surface area (Å²) in [7, 11) is 0. The Hall–Kier alpha value is 0.140. The molecule has 0 aliphatic carbocycles. The van der Waals surface area contributed by atoms with Crippen LogP contribution in [0.15, 0.2) is 0 Å². The van der Waals surface area contributed by atoms with Gasteiger partial charge in [0.1, 0.15) is 6.67 Å². The van der Waals surface area contributed by atoms with Gasteiger partial charge in [0.05, 0.1) is 0 Å². The third-order valence-electron chi connectivity index (χ3n) is 0.592. The fraction of sp³-hybridized carbons (Fsp3) is 1.00. The molecule has 0 aliphatic heterocycles. The van der Waals surface area contributed by atoms with Crippen molar-refractivity contribution in [1.82, 2.24) is 5.32 Å². The molecule has 0 heterocycles. The maximum atomic E-state index is 11.2. The van der Waals surface area contributed by atoms with Crippen molar-refractivity contribution in [2.45, 2.75) is 0 Å². The Kier molecular flexibility index (Phi) is 14.0. The van der Waals surface area contributed by atoms with Gasteiger partial charge in [-0.1, -0.05) is 0 Å². The first-order chi connectivity index (χ1) is 3.41. The summed E-state index contributed by atoms with van der Waals surface area (Å²) in [4.78, 5) is 0. The van der Waals surface area contributed by atoms with E-state index in [2.05, 4.69) is 5.32 Å². The van der Waals surface area contributed by atoms with Gasteiger partial charge >= 0.3 is 0 Å². The SMILES string of the molecule is Cl.NCCNCCF. The summed E-state index contributed by atoms with van der Waals surface area (Å²) in [5, 5.41) is 2.78. The van der Waals surface area contributed by atoms with Crippen molar-refractivity contribution in [3.05, 3.63) is 0 Å². The maximum Gasteiger partial charge on any atom is 0.102 e. The summed E-state index contributed by atoms with van der Waals surface area (Å²) in [6.07, 6.45) is 0. The highest BCUT2D eigenvalue weighted by atomic mass is 35.5. The number of nitrogens with one attached hydrogen (secondary N) is 1. The van der Waals surface area contributed by atoms with Crippen molar-refractivity contribution in [2.24, 2.45) is 5.73 Å². The van der Waals surface area contributed by atoms with Gasteiger partial charge in [0.15, 0.2) is 0 Å². The number of rotatable bonds is 4. The van der Waals surface area contributed by atoms with Crippen molar-refractivity contribution >= 4 is 12.4 Å². The first-order valence-electron chi connectivity index (χ1n) is 2.38. The Balaban J connectivity index is 0. The van der Waals surface area contributed by atoms with E-state index in [-0.39, 0.29) is 19.1 Å². The molecule has 0 aromatic heterocycles. The third-order valence-corrected chi connectivity index (χ3v) is 0.592. The van der Waals surface area contributed by atoms with E-state index in [0.717, 1.165) is 0 Å². The fourth-order valence-electron chi connectivity index (χ4n) is 0.294. The minimum Gasteiger partial charge on any atom is -0.329 e. The Bertz CT molecular complexity index is 33.2. The summed E-state index contributed by atoms with van der Waals surface area (Å²) in [6.45, 7) is 1.42.